The summed E-state index contributed by atoms with van der Waals surface area (Å²) in [6.45, 7) is 8.82. The Labute approximate surface area is 144 Å². The Hall–Kier alpha value is -1.37. The number of halogens is 1. The van der Waals surface area contributed by atoms with Crippen molar-refractivity contribution in [2.24, 2.45) is 11.7 Å². The van der Waals surface area contributed by atoms with Gasteiger partial charge in [-0.2, -0.15) is 0 Å². The average molecular weight is 343 g/mol. The van der Waals surface area contributed by atoms with Crippen LogP contribution < -0.4 is 16.0 Å². The second-order valence-electron chi connectivity index (χ2n) is 6.14. The number of hydrogen-bond acceptors (Lipinski definition) is 5. The van der Waals surface area contributed by atoms with Crippen LogP contribution in [0.4, 0.5) is 5.82 Å². The van der Waals surface area contributed by atoms with Gasteiger partial charge in [0.15, 0.2) is 0 Å². The number of anilines is 1. The summed E-state index contributed by atoms with van der Waals surface area (Å²) < 4.78 is 5.53. The minimum Gasteiger partial charge on any atom is -0.375 e. The van der Waals surface area contributed by atoms with Crippen molar-refractivity contribution in [1.29, 1.82) is 0 Å². The van der Waals surface area contributed by atoms with Crippen LogP contribution in [0.5, 0.6) is 0 Å². The molecule has 0 aliphatic carbocycles. The van der Waals surface area contributed by atoms with Gasteiger partial charge in [0.25, 0.3) is 0 Å². The molecule has 1 saturated heterocycles. The molecule has 1 amide bonds. The molecule has 0 spiro atoms. The number of rotatable bonds is 5. The molecule has 1 unspecified atom stereocenters. The van der Waals surface area contributed by atoms with Gasteiger partial charge >= 0.3 is 0 Å². The third kappa shape index (κ3) is 5.64. The summed E-state index contributed by atoms with van der Waals surface area (Å²) in [7, 11) is 0. The maximum absolute atomic E-state index is 11.8. The van der Waals surface area contributed by atoms with Crippen LogP contribution >= 0.6 is 12.4 Å². The van der Waals surface area contributed by atoms with Gasteiger partial charge in [-0.05, 0) is 24.5 Å². The molecule has 23 heavy (non-hydrogen) atoms. The molecule has 2 atom stereocenters. The van der Waals surface area contributed by atoms with E-state index in [-0.39, 0.29) is 30.3 Å². The van der Waals surface area contributed by atoms with E-state index in [9.17, 15) is 4.79 Å². The number of morpholine rings is 1. The summed E-state index contributed by atoms with van der Waals surface area (Å²) in [5.74, 6) is 0.953. The Balaban J connectivity index is 0.00000264. The number of aromatic nitrogens is 1. The smallest absolute Gasteiger partial charge is 0.237 e. The average Bonchev–Trinajstić information content (AvgIpc) is 2.52. The highest BCUT2D eigenvalue weighted by atomic mass is 35.5. The van der Waals surface area contributed by atoms with Gasteiger partial charge in [-0.3, -0.25) is 4.79 Å². The fourth-order valence-corrected chi connectivity index (χ4v) is 2.34. The van der Waals surface area contributed by atoms with Crippen LogP contribution in [0, 0.1) is 5.92 Å². The number of carbonyl (C=O) groups is 1. The fourth-order valence-electron chi connectivity index (χ4n) is 2.34. The highest BCUT2D eigenvalue weighted by Crippen LogP contribution is 2.15. The van der Waals surface area contributed by atoms with Crippen molar-refractivity contribution < 1.29 is 9.53 Å². The Bertz CT molecular complexity index is 495. The fraction of sp³-hybridized carbons (Fsp3) is 0.625. The molecule has 130 valence electrons. The maximum atomic E-state index is 11.8. The summed E-state index contributed by atoms with van der Waals surface area (Å²) in [4.78, 5) is 18.5. The molecule has 0 bridgehead atoms. The monoisotopic (exact) mass is 342 g/mol. The van der Waals surface area contributed by atoms with Crippen LogP contribution in [0.2, 0.25) is 0 Å². The van der Waals surface area contributed by atoms with Crippen LogP contribution in [0.3, 0.4) is 0 Å². The molecular weight excluding hydrogens is 316 g/mol. The van der Waals surface area contributed by atoms with Crippen LogP contribution in [0.25, 0.3) is 0 Å². The Kier molecular flexibility index (Phi) is 7.75. The molecule has 0 aromatic carbocycles. The van der Waals surface area contributed by atoms with E-state index in [1.165, 1.54) is 0 Å². The van der Waals surface area contributed by atoms with Gasteiger partial charge in [-0.25, -0.2) is 4.98 Å². The normalized spacial score (nSPS) is 19.2. The molecule has 1 aromatic rings. The molecule has 2 rings (SSSR count). The lowest BCUT2D eigenvalue weighted by Crippen LogP contribution is -2.43. The van der Waals surface area contributed by atoms with Crippen molar-refractivity contribution in [1.82, 2.24) is 10.3 Å². The molecule has 1 fully saturated rings. The molecule has 3 N–H and O–H groups in total. The number of pyridine rings is 1. The molecule has 1 aliphatic rings. The first-order chi connectivity index (χ1) is 10.5. The molecule has 0 radical (unpaired) electrons. The molecule has 1 aliphatic heterocycles. The van der Waals surface area contributed by atoms with Crippen LogP contribution in [-0.2, 0) is 16.1 Å². The van der Waals surface area contributed by atoms with Crippen molar-refractivity contribution in [2.75, 3.05) is 24.6 Å². The van der Waals surface area contributed by atoms with E-state index in [2.05, 4.69) is 22.1 Å². The molecule has 1 aromatic heterocycles. The Morgan fingerprint density at radius 1 is 1.52 bits per heavy atom. The van der Waals surface area contributed by atoms with E-state index < -0.39 is 6.04 Å². The Morgan fingerprint density at radius 2 is 2.26 bits per heavy atom. The van der Waals surface area contributed by atoms with Crippen LogP contribution in [0.1, 0.15) is 26.3 Å². The predicted octanol–water partition coefficient (Wildman–Crippen LogP) is 1.33. The van der Waals surface area contributed by atoms with E-state index >= 15 is 0 Å². The number of ether oxygens (including phenoxy) is 1. The van der Waals surface area contributed by atoms with Gasteiger partial charge < -0.3 is 20.7 Å². The Morgan fingerprint density at radius 3 is 2.83 bits per heavy atom. The molecular formula is C16H27ClN4O2. The third-order valence-electron chi connectivity index (χ3n) is 3.86. The lowest BCUT2D eigenvalue weighted by Gasteiger charge is -2.32. The zero-order chi connectivity index (χ0) is 16.1. The van der Waals surface area contributed by atoms with Crippen molar-refractivity contribution >= 4 is 24.1 Å². The summed E-state index contributed by atoms with van der Waals surface area (Å²) in [5, 5.41) is 2.85. The van der Waals surface area contributed by atoms with E-state index in [0.29, 0.717) is 6.54 Å². The van der Waals surface area contributed by atoms with Crippen LogP contribution in [0.15, 0.2) is 18.3 Å². The summed E-state index contributed by atoms with van der Waals surface area (Å²) in [6, 6.07) is 3.51. The van der Waals surface area contributed by atoms with Crippen molar-refractivity contribution in [2.45, 2.75) is 39.5 Å². The largest absolute Gasteiger partial charge is 0.375 e. The number of nitrogens with one attached hydrogen (secondary N) is 1. The van der Waals surface area contributed by atoms with E-state index in [4.69, 9.17) is 10.5 Å². The lowest BCUT2D eigenvalue weighted by atomic mass is 10.1. The lowest BCUT2D eigenvalue weighted by molar-refractivity contribution is -0.123. The summed E-state index contributed by atoms with van der Waals surface area (Å²) >= 11 is 0. The predicted molar refractivity (Wildman–Crippen MR) is 93.8 cm³/mol. The molecule has 2 heterocycles. The topological polar surface area (TPSA) is 80.5 Å². The van der Waals surface area contributed by atoms with Gasteiger partial charge in [-0.15, -0.1) is 12.4 Å². The molecule has 7 heteroatoms. The summed E-state index contributed by atoms with van der Waals surface area (Å²) in [5.41, 5.74) is 6.78. The minimum atomic E-state index is -0.470. The highest BCUT2D eigenvalue weighted by Gasteiger charge is 2.18. The standard InChI is InChI=1S/C16H26N4O2.ClH/c1-11(2)15(17)16(21)19-9-13-4-5-14(18-8-13)20-6-7-22-12(3)10-20;/h4-5,8,11-12,15H,6-7,9-10,17H2,1-3H3,(H,19,21);1H/t12?,15-;/m0./s1. The SMILES string of the molecule is CC1CN(c2ccc(CNC(=O)[C@@H](N)C(C)C)cn2)CCO1.Cl. The van der Waals surface area contributed by atoms with Gasteiger partial charge in [0.05, 0.1) is 18.8 Å². The summed E-state index contributed by atoms with van der Waals surface area (Å²) in [6.07, 6.45) is 2.03. The van der Waals surface area contributed by atoms with Crippen molar-refractivity contribution in [3.8, 4) is 0 Å². The second kappa shape index (κ2) is 9.05. The van der Waals surface area contributed by atoms with Crippen molar-refractivity contribution in [3.05, 3.63) is 23.9 Å². The maximum Gasteiger partial charge on any atom is 0.237 e. The minimum absolute atomic E-state index is 0. The quantitative estimate of drug-likeness (QED) is 0.843. The first kappa shape index (κ1) is 19.7. The molecule has 6 nitrogen and oxygen atoms in total. The van der Waals surface area contributed by atoms with E-state index in [1.807, 2.05) is 26.0 Å². The molecule has 0 saturated carbocycles. The zero-order valence-corrected chi connectivity index (χ0v) is 14.8. The second-order valence-corrected chi connectivity index (χ2v) is 6.14. The third-order valence-corrected chi connectivity index (χ3v) is 3.86. The number of amides is 1. The van der Waals surface area contributed by atoms with Gasteiger partial charge in [0.2, 0.25) is 5.91 Å². The zero-order valence-electron chi connectivity index (χ0n) is 14.0. The number of hydrogen-bond donors (Lipinski definition) is 2. The van der Waals surface area contributed by atoms with Crippen molar-refractivity contribution in [3.63, 3.8) is 0 Å². The first-order valence-electron chi connectivity index (χ1n) is 7.82. The van der Waals surface area contributed by atoms with E-state index in [1.54, 1.807) is 6.20 Å². The van der Waals surface area contributed by atoms with Crippen LogP contribution in [-0.4, -0.2) is 42.7 Å². The highest BCUT2D eigenvalue weighted by molar-refractivity contribution is 5.85. The van der Waals surface area contributed by atoms with Gasteiger partial charge in [0, 0.05) is 25.8 Å². The number of nitrogens with zero attached hydrogens (tertiary/aromatic N) is 2. The number of carbonyl (C=O) groups excluding carboxylic acids is 1. The van der Waals surface area contributed by atoms with E-state index in [0.717, 1.165) is 31.1 Å². The van der Waals surface area contributed by atoms with Gasteiger partial charge in [0.1, 0.15) is 5.82 Å². The first-order valence-corrected chi connectivity index (χ1v) is 7.82. The number of nitrogens with two attached hydrogens (primary N) is 1. The van der Waals surface area contributed by atoms with Gasteiger partial charge in [-0.1, -0.05) is 19.9 Å².